The summed E-state index contributed by atoms with van der Waals surface area (Å²) in [5.74, 6) is 0.508. The van der Waals surface area contributed by atoms with Gasteiger partial charge in [-0.1, -0.05) is 0 Å². The summed E-state index contributed by atoms with van der Waals surface area (Å²) < 4.78 is 26.1. The second kappa shape index (κ2) is 5.21. The molecule has 2 aromatic carbocycles. The van der Waals surface area contributed by atoms with Crippen LogP contribution >= 0.6 is 12.2 Å². The van der Waals surface area contributed by atoms with Crippen LogP contribution in [-0.2, 0) is 0 Å². The number of benzene rings is 2. The van der Waals surface area contributed by atoms with Crippen LogP contribution in [0.5, 0.6) is 11.5 Å². The number of nitrogens with one attached hydrogen (secondary N) is 1. The minimum Gasteiger partial charge on any atom is -0.497 e. The van der Waals surface area contributed by atoms with E-state index in [1.54, 1.807) is 19.2 Å². The van der Waals surface area contributed by atoms with E-state index in [-0.39, 0.29) is 5.75 Å². The van der Waals surface area contributed by atoms with Gasteiger partial charge in [-0.15, -0.1) is 0 Å². The van der Waals surface area contributed by atoms with Crippen LogP contribution in [0.1, 0.15) is 0 Å². The summed E-state index contributed by atoms with van der Waals surface area (Å²) in [7, 11) is 3.04. The molecule has 0 aliphatic rings. The van der Waals surface area contributed by atoms with Gasteiger partial charge in [0.05, 0.1) is 30.9 Å². The van der Waals surface area contributed by atoms with Gasteiger partial charge in [-0.3, -0.25) is 4.57 Å². The molecule has 0 fully saturated rings. The van der Waals surface area contributed by atoms with Gasteiger partial charge >= 0.3 is 0 Å². The first-order valence-corrected chi connectivity index (χ1v) is 6.67. The van der Waals surface area contributed by atoms with Crippen molar-refractivity contribution in [2.45, 2.75) is 0 Å². The Balaban J connectivity index is 2.25. The van der Waals surface area contributed by atoms with Gasteiger partial charge in [-0.2, -0.15) is 0 Å². The first-order chi connectivity index (χ1) is 10.1. The Morgan fingerprint density at radius 1 is 1.10 bits per heavy atom. The third kappa shape index (κ3) is 2.27. The van der Waals surface area contributed by atoms with Crippen LogP contribution < -0.4 is 9.47 Å². The van der Waals surface area contributed by atoms with Crippen LogP contribution in [0.25, 0.3) is 16.7 Å². The number of aromatic amines is 1. The average Bonchev–Trinajstić information content (AvgIpc) is 2.82. The maximum Gasteiger partial charge on any atom is 0.182 e. The molecule has 0 radical (unpaired) electrons. The molecule has 3 aromatic rings. The second-order valence-corrected chi connectivity index (χ2v) is 4.85. The minimum absolute atomic E-state index is 0.178. The first-order valence-electron chi connectivity index (χ1n) is 6.26. The lowest BCUT2D eigenvalue weighted by atomic mass is 10.2. The van der Waals surface area contributed by atoms with Crippen molar-refractivity contribution in [2.24, 2.45) is 0 Å². The molecule has 6 heteroatoms. The summed E-state index contributed by atoms with van der Waals surface area (Å²) in [5.41, 5.74) is 2.46. The van der Waals surface area contributed by atoms with Crippen LogP contribution in [0.2, 0.25) is 0 Å². The highest BCUT2D eigenvalue weighted by molar-refractivity contribution is 7.71. The van der Waals surface area contributed by atoms with Gasteiger partial charge in [0.1, 0.15) is 5.75 Å². The van der Waals surface area contributed by atoms with Gasteiger partial charge in [0.25, 0.3) is 0 Å². The first kappa shape index (κ1) is 13.6. The number of rotatable bonds is 3. The summed E-state index contributed by atoms with van der Waals surface area (Å²) in [6.07, 6.45) is 0. The zero-order valence-corrected chi connectivity index (χ0v) is 12.3. The monoisotopic (exact) mass is 304 g/mol. The number of nitrogens with zero attached hydrogens (tertiary/aromatic N) is 1. The normalized spacial score (nSPS) is 10.8. The largest absolute Gasteiger partial charge is 0.497 e. The molecule has 4 nitrogen and oxygen atoms in total. The van der Waals surface area contributed by atoms with E-state index in [2.05, 4.69) is 4.98 Å². The molecular weight excluding hydrogens is 291 g/mol. The summed E-state index contributed by atoms with van der Waals surface area (Å²) in [5, 5.41) is 0. The molecule has 21 heavy (non-hydrogen) atoms. The summed E-state index contributed by atoms with van der Waals surface area (Å²) in [6.45, 7) is 0. The quantitative estimate of drug-likeness (QED) is 0.747. The van der Waals surface area contributed by atoms with Gasteiger partial charge in [0, 0.05) is 12.1 Å². The number of ether oxygens (including phenoxy) is 2. The van der Waals surface area contributed by atoms with Crippen molar-refractivity contribution < 1.29 is 13.9 Å². The number of halogens is 1. The molecule has 108 valence electrons. The lowest BCUT2D eigenvalue weighted by Gasteiger charge is -2.08. The fourth-order valence-electron chi connectivity index (χ4n) is 2.26. The Hall–Kier alpha value is -2.34. The van der Waals surface area contributed by atoms with Crippen molar-refractivity contribution in [3.8, 4) is 17.2 Å². The van der Waals surface area contributed by atoms with Gasteiger partial charge in [-0.05, 0) is 36.5 Å². The molecular formula is C15H13FN2O2S. The fourth-order valence-corrected chi connectivity index (χ4v) is 2.58. The third-order valence-electron chi connectivity index (χ3n) is 3.28. The molecule has 1 aromatic heterocycles. The zero-order chi connectivity index (χ0) is 15.0. The second-order valence-electron chi connectivity index (χ2n) is 4.47. The predicted molar refractivity (Wildman–Crippen MR) is 81.5 cm³/mol. The van der Waals surface area contributed by atoms with E-state index in [4.69, 9.17) is 21.7 Å². The molecule has 3 rings (SSSR count). The van der Waals surface area contributed by atoms with E-state index in [0.717, 1.165) is 22.5 Å². The van der Waals surface area contributed by atoms with Crippen molar-refractivity contribution in [3.63, 3.8) is 0 Å². The number of aromatic nitrogens is 2. The van der Waals surface area contributed by atoms with Crippen LogP contribution in [0.3, 0.4) is 0 Å². The summed E-state index contributed by atoms with van der Waals surface area (Å²) in [6, 6.07) is 10.2. The maximum absolute atomic E-state index is 13.5. The van der Waals surface area contributed by atoms with Gasteiger partial charge in [-0.25, -0.2) is 4.39 Å². The van der Waals surface area contributed by atoms with Crippen LogP contribution in [-0.4, -0.2) is 23.8 Å². The van der Waals surface area contributed by atoms with Crippen molar-refractivity contribution in [3.05, 3.63) is 47.0 Å². The van der Waals surface area contributed by atoms with Gasteiger partial charge in [0.2, 0.25) is 0 Å². The third-order valence-corrected chi connectivity index (χ3v) is 3.57. The standard InChI is InChI=1S/C15H13FN2O2S/c1-19-10-4-6-13-12(8-10)17-15(21)18(13)9-3-5-11(16)14(7-9)20-2/h3-8H,1-2H3,(H,17,21). The van der Waals surface area contributed by atoms with Crippen molar-refractivity contribution in [2.75, 3.05) is 14.2 Å². The average molecular weight is 304 g/mol. The molecule has 0 aliphatic heterocycles. The number of imidazole rings is 1. The summed E-state index contributed by atoms with van der Waals surface area (Å²) in [4.78, 5) is 3.12. The Kier molecular flexibility index (Phi) is 3.39. The highest BCUT2D eigenvalue weighted by atomic mass is 32.1. The molecule has 0 bridgehead atoms. The van der Waals surface area contributed by atoms with Crippen molar-refractivity contribution >= 4 is 23.3 Å². The molecule has 0 unspecified atom stereocenters. The highest BCUT2D eigenvalue weighted by Crippen LogP contribution is 2.26. The summed E-state index contributed by atoms with van der Waals surface area (Å²) >= 11 is 5.36. The number of methoxy groups -OCH3 is 2. The van der Waals surface area contributed by atoms with E-state index < -0.39 is 5.82 Å². The van der Waals surface area contributed by atoms with E-state index in [1.807, 2.05) is 22.8 Å². The SMILES string of the molecule is COc1ccc2c(c1)[nH]c(=S)n2-c1ccc(F)c(OC)c1. The minimum atomic E-state index is -0.408. The fraction of sp³-hybridized carbons (Fsp3) is 0.133. The number of H-pyrrole nitrogens is 1. The molecule has 0 amide bonds. The molecule has 0 saturated heterocycles. The Bertz CT molecular complexity index is 870. The maximum atomic E-state index is 13.5. The lowest BCUT2D eigenvalue weighted by Crippen LogP contribution is -1.96. The Morgan fingerprint density at radius 2 is 1.90 bits per heavy atom. The number of fused-ring (bicyclic) bond motifs is 1. The molecule has 0 spiro atoms. The van der Waals surface area contributed by atoms with Crippen molar-refractivity contribution in [1.82, 2.24) is 9.55 Å². The highest BCUT2D eigenvalue weighted by Gasteiger charge is 2.10. The van der Waals surface area contributed by atoms with E-state index in [1.165, 1.54) is 13.2 Å². The van der Waals surface area contributed by atoms with Crippen molar-refractivity contribution in [1.29, 1.82) is 0 Å². The molecule has 0 atom stereocenters. The zero-order valence-electron chi connectivity index (χ0n) is 11.5. The van der Waals surface area contributed by atoms with E-state index in [9.17, 15) is 4.39 Å². The molecule has 1 heterocycles. The van der Waals surface area contributed by atoms with Crippen LogP contribution in [0, 0.1) is 10.6 Å². The van der Waals surface area contributed by atoms with E-state index >= 15 is 0 Å². The number of hydrogen-bond acceptors (Lipinski definition) is 3. The van der Waals surface area contributed by atoms with Crippen LogP contribution in [0.4, 0.5) is 4.39 Å². The Morgan fingerprint density at radius 3 is 2.62 bits per heavy atom. The molecule has 1 N–H and O–H groups in total. The number of hydrogen-bond donors (Lipinski definition) is 1. The predicted octanol–water partition coefficient (Wildman–Crippen LogP) is 3.84. The molecule has 0 aliphatic carbocycles. The van der Waals surface area contributed by atoms with Crippen LogP contribution in [0.15, 0.2) is 36.4 Å². The molecule has 0 saturated carbocycles. The van der Waals surface area contributed by atoms with E-state index in [0.29, 0.717) is 4.77 Å². The van der Waals surface area contributed by atoms with Gasteiger partial charge in [0.15, 0.2) is 16.3 Å². The van der Waals surface area contributed by atoms with Gasteiger partial charge < -0.3 is 14.5 Å². The Labute approximate surface area is 125 Å². The lowest BCUT2D eigenvalue weighted by molar-refractivity contribution is 0.386. The topological polar surface area (TPSA) is 39.2 Å². The smallest absolute Gasteiger partial charge is 0.182 e.